The number of unbranched alkanes of at least 4 members (excludes halogenated alkanes) is 1. The number of nitrogens with one attached hydrogen (secondary N) is 1. The molecule has 0 atom stereocenters. The van der Waals surface area contributed by atoms with E-state index in [1.165, 1.54) is 11.5 Å². The lowest BCUT2D eigenvalue weighted by molar-refractivity contribution is 0.621. The zero-order chi connectivity index (χ0) is 10.3. The summed E-state index contributed by atoms with van der Waals surface area (Å²) in [6.45, 7) is 1.97. The summed E-state index contributed by atoms with van der Waals surface area (Å²) in [7, 11) is 0. The predicted molar refractivity (Wildman–Crippen MR) is 59.9 cm³/mol. The summed E-state index contributed by atoms with van der Waals surface area (Å²) in [5.74, 6) is 0. The first-order chi connectivity index (χ1) is 7.45. The van der Waals surface area contributed by atoms with Crippen LogP contribution in [0, 0.1) is 0 Å². The fraction of sp³-hybridized carbons (Fsp3) is 0.444. The first-order valence-electron chi connectivity index (χ1n) is 4.91. The molecule has 0 aliphatic carbocycles. The van der Waals surface area contributed by atoms with Gasteiger partial charge in [-0.25, -0.2) is 9.97 Å². The van der Waals surface area contributed by atoms with Crippen molar-refractivity contribution in [2.45, 2.75) is 19.4 Å². The molecule has 80 valence electrons. The molecule has 0 fully saturated rings. The van der Waals surface area contributed by atoms with E-state index >= 15 is 0 Å². The van der Waals surface area contributed by atoms with E-state index in [0.29, 0.717) is 0 Å². The van der Waals surface area contributed by atoms with Gasteiger partial charge in [0.25, 0.3) is 0 Å². The summed E-state index contributed by atoms with van der Waals surface area (Å²) in [5, 5.41) is 4.13. The molecule has 0 saturated heterocycles. The minimum absolute atomic E-state index is 0.901. The van der Waals surface area contributed by atoms with Crippen LogP contribution in [0.1, 0.15) is 12.8 Å². The molecule has 2 aromatic heterocycles. The van der Waals surface area contributed by atoms with Crippen molar-refractivity contribution in [3.63, 3.8) is 0 Å². The lowest BCUT2D eigenvalue weighted by Crippen LogP contribution is -2.03. The molecule has 6 heteroatoms. The average Bonchev–Trinajstić information content (AvgIpc) is 2.88. The molecule has 2 aromatic rings. The highest BCUT2D eigenvalue weighted by molar-refractivity contribution is 7.09. The van der Waals surface area contributed by atoms with Crippen LogP contribution in [0.3, 0.4) is 0 Å². The van der Waals surface area contributed by atoms with E-state index in [-0.39, 0.29) is 0 Å². The molecule has 0 radical (unpaired) electrons. The maximum absolute atomic E-state index is 4.04. The smallest absolute Gasteiger partial charge is 0.202 e. The maximum Gasteiger partial charge on any atom is 0.202 e. The molecule has 0 spiro atoms. The molecule has 0 amide bonds. The van der Waals surface area contributed by atoms with Crippen molar-refractivity contribution in [1.82, 2.24) is 18.9 Å². The SMILES string of the molecule is c1cn(CCCCNc2ncns2)cn1. The van der Waals surface area contributed by atoms with Crippen LogP contribution in [0.15, 0.2) is 25.0 Å². The zero-order valence-electron chi connectivity index (χ0n) is 8.33. The Morgan fingerprint density at radius 3 is 3.13 bits per heavy atom. The van der Waals surface area contributed by atoms with Crippen molar-refractivity contribution < 1.29 is 0 Å². The van der Waals surface area contributed by atoms with E-state index < -0.39 is 0 Å². The second-order valence-electron chi connectivity index (χ2n) is 3.18. The molecule has 0 saturated carbocycles. The number of nitrogens with zero attached hydrogens (tertiary/aromatic N) is 4. The summed E-state index contributed by atoms with van der Waals surface area (Å²) in [5.41, 5.74) is 0. The number of aromatic nitrogens is 4. The Labute approximate surface area is 92.4 Å². The van der Waals surface area contributed by atoms with Crippen LogP contribution < -0.4 is 5.32 Å². The number of imidazole rings is 1. The summed E-state index contributed by atoms with van der Waals surface area (Å²) >= 11 is 1.39. The average molecular weight is 223 g/mol. The quantitative estimate of drug-likeness (QED) is 0.756. The molecular formula is C9H13N5S. The van der Waals surface area contributed by atoms with Gasteiger partial charge in [-0.2, -0.15) is 4.37 Å². The number of aryl methyl sites for hydroxylation is 1. The zero-order valence-corrected chi connectivity index (χ0v) is 9.15. The summed E-state index contributed by atoms with van der Waals surface area (Å²) < 4.78 is 6.01. The number of hydrogen-bond acceptors (Lipinski definition) is 5. The predicted octanol–water partition coefficient (Wildman–Crippen LogP) is 1.63. The monoisotopic (exact) mass is 223 g/mol. The van der Waals surface area contributed by atoms with E-state index in [4.69, 9.17) is 0 Å². The van der Waals surface area contributed by atoms with Gasteiger partial charge in [0.1, 0.15) is 6.33 Å². The van der Waals surface area contributed by atoms with Gasteiger partial charge in [-0.3, -0.25) is 0 Å². The van der Waals surface area contributed by atoms with Crippen molar-refractivity contribution in [3.8, 4) is 0 Å². The minimum atomic E-state index is 0.901. The molecule has 0 aliphatic heterocycles. The van der Waals surface area contributed by atoms with Crippen molar-refractivity contribution in [1.29, 1.82) is 0 Å². The summed E-state index contributed by atoms with van der Waals surface area (Å²) in [6.07, 6.45) is 9.47. The summed E-state index contributed by atoms with van der Waals surface area (Å²) in [4.78, 5) is 8.04. The second-order valence-corrected chi connectivity index (χ2v) is 3.96. The van der Waals surface area contributed by atoms with Gasteiger partial charge in [0.15, 0.2) is 0 Å². The van der Waals surface area contributed by atoms with Gasteiger partial charge in [0.05, 0.1) is 6.33 Å². The van der Waals surface area contributed by atoms with Crippen molar-refractivity contribution >= 4 is 16.7 Å². The molecule has 0 aliphatic rings. The van der Waals surface area contributed by atoms with Crippen LogP contribution in [-0.2, 0) is 6.54 Å². The molecule has 2 rings (SSSR count). The third-order valence-electron chi connectivity index (χ3n) is 2.04. The van der Waals surface area contributed by atoms with Gasteiger partial charge in [-0.05, 0) is 12.8 Å². The molecule has 0 bridgehead atoms. The van der Waals surface area contributed by atoms with Gasteiger partial charge in [0.2, 0.25) is 5.13 Å². The van der Waals surface area contributed by atoms with Gasteiger partial charge in [0, 0.05) is 37.0 Å². The number of rotatable bonds is 6. The molecule has 2 heterocycles. The molecule has 0 aromatic carbocycles. The molecule has 0 unspecified atom stereocenters. The van der Waals surface area contributed by atoms with Gasteiger partial charge < -0.3 is 9.88 Å². The van der Waals surface area contributed by atoms with Crippen LogP contribution in [0.25, 0.3) is 0 Å². The standard InChI is InChI=1S/C9H13N5S/c1(2-5-14-6-4-10-8-14)3-11-9-12-7-13-15-9/h4,6-8H,1-3,5H2,(H,11,12,13). The number of anilines is 1. The molecule has 15 heavy (non-hydrogen) atoms. The lowest BCUT2D eigenvalue weighted by atomic mass is 10.3. The van der Waals surface area contributed by atoms with E-state index in [2.05, 4.69) is 24.2 Å². The topological polar surface area (TPSA) is 55.6 Å². The minimum Gasteiger partial charge on any atom is -0.360 e. The highest BCUT2D eigenvalue weighted by Crippen LogP contribution is 2.06. The Balaban J connectivity index is 1.56. The summed E-state index contributed by atoms with van der Waals surface area (Å²) in [6, 6.07) is 0. The largest absolute Gasteiger partial charge is 0.360 e. The Morgan fingerprint density at radius 2 is 2.40 bits per heavy atom. The van der Waals surface area contributed by atoms with Crippen molar-refractivity contribution in [2.75, 3.05) is 11.9 Å². The Bertz CT molecular complexity index is 320. The molecule has 5 nitrogen and oxygen atoms in total. The van der Waals surface area contributed by atoms with Crippen LogP contribution >= 0.6 is 11.5 Å². The van der Waals surface area contributed by atoms with E-state index in [0.717, 1.165) is 31.1 Å². The van der Waals surface area contributed by atoms with Crippen LogP contribution in [0.4, 0.5) is 5.13 Å². The molecule has 1 N–H and O–H groups in total. The van der Waals surface area contributed by atoms with Crippen LogP contribution in [0.5, 0.6) is 0 Å². The van der Waals surface area contributed by atoms with E-state index in [1.807, 2.05) is 12.5 Å². The van der Waals surface area contributed by atoms with Crippen LogP contribution in [0.2, 0.25) is 0 Å². The van der Waals surface area contributed by atoms with Crippen molar-refractivity contribution in [2.24, 2.45) is 0 Å². The Hall–Kier alpha value is -1.43. The van der Waals surface area contributed by atoms with E-state index in [1.54, 1.807) is 12.5 Å². The van der Waals surface area contributed by atoms with Crippen molar-refractivity contribution in [3.05, 3.63) is 25.0 Å². The van der Waals surface area contributed by atoms with Gasteiger partial charge in [-0.1, -0.05) is 0 Å². The van der Waals surface area contributed by atoms with E-state index in [9.17, 15) is 0 Å². The molecular weight excluding hydrogens is 210 g/mol. The third-order valence-corrected chi connectivity index (χ3v) is 2.66. The number of hydrogen-bond donors (Lipinski definition) is 1. The highest BCUT2D eigenvalue weighted by Gasteiger charge is 1.94. The Morgan fingerprint density at radius 1 is 1.40 bits per heavy atom. The first-order valence-corrected chi connectivity index (χ1v) is 5.69. The van der Waals surface area contributed by atoms with Crippen LogP contribution in [-0.4, -0.2) is 25.5 Å². The first kappa shape index (κ1) is 10.1. The van der Waals surface area contributed by atoms with Gasteiger partial charge in [-0.15, -0.1) is 0 Å². The third kappa shape index (κ3) is 3.32. The highest BCUT2D eigenvalue weighted by atomic mass is 32.1. The Kier molecular flexibility index (Phi) is 3.67. The lowest BCUT2D eigenvalue weighted by Gasteiger charge is -2.02. The maximum atomic E-state index is 4.04. The second kappa shape index (κ2) is 5.45. The van der Waals surface area contributed by atoms with Gasteiger partial charge >= 0.3 is 0 Å². The fourth-order valence-corrected chi connectivity index (χ4v) is 1.74. The normalized spacial score (nSPS) is 10.4. The fourth-order valence-electron chi connectivity index (χ4n) is 1.28.